The lowest BCUT2D eigenvalue weighted by Gasteiger charge is -2.13. The van der Waals surface area contributed by atoms with Crippen LogP contribution in [0.15, 0.2) is 54.1 Å². The summed E-state index contributed by atoms with van der Waals surface area (Å²) >= 11 is 0. The number of carbonyl (C=O) groups excluding carboxylic acids is 2. The molecule has 0 saturated heterocycles. The number of esters is 1. The van der Waals surface area contributed by atoms with Crippen LogP contribution in [0.5, 0.6) is 5.75 Å². The average Bonchev–Trinajstić information content (AvgIpc) is 2.72. The van der Waals surface area contributed by atoms with E-state index in [1.54, 1.807) is 31.4 Å². The number of benzene rings is 2. The second kappa shape index (κ2) is 10.1. The Balaban J connectivity index is 2.01. The van der Waals surface area contributed by atoms with Crippen LogP contribution < -0.4 is 10.1 Å². The quantitative estimate of drug-likeness (QED) is 0.431. The summed E-state index contributed by atoms with van der Waals surface area (Å²) in [6, 6.07) is 16.1. The van der Waals surface area contributed by atoms with E-state index >= 15 is 0 Å². The largest absolute Gasteiger partial charge is 0.497 e. The molecule has 150 valence electrons. The van der Waals surface area contributed by atoms with Crippen molar-refractivity contribution >= 4 is 23.6 Å². The van der Waals surface area contributed by atoms with Crippen LogP contribution in [0.3, 0.4) is 0 Å². The zero-order valence-electron chi connectivity index (χ0n) is 16.9. The number of rotatable bonds is 7. The molecule has 0 aromatic heterocycles. The summed E-state index contributed by atoms with van der Waals surface area (Å²) in [5, 5.41) is 12.0. The molecule has 6 heteroatoms. The van der Waals surface area contributed by atoms with Crippen molar-refractivity contribution in [1.29, 1.82) is 5.26 Å². The number of amides is 1. The Morgan fingerprint density at radius 1 is 1.03 bits per heavy atom. The fourth-order valence-electron chi connectivity index (χ4n) is 2.48. The molecular formula is C23H24N2O4. The first-order valence-electron chi connectivity index (χ1n) is 9.21. The Kier molecular flexibility index (Phi) is 7.55. The molecular weight excluding hydrogens is 368 g/mol. The van der Waals surface area contributed by atoms with E-state index in [0.717, 1.165) is 5.56 Å². The van der Waals surface area contributed by atoms with Crippen LogP contribution in [0.1, 0.15) is 37.8 Å². The standard InChI is InChI=1S/C23H24N2O4/c1-15(2)18-7-5-17(6-8-18)13-19(14-24)23(27)29-16(3)22(26)25-20-9-11-21(28-4)12-10-20/h5-13,15-16H,1-4H3,(H,25,26)/b19-13+/t16-/m1/s1. The van der Waals surface area contributed by atoms with Crippen molar-refractivity contribution in [2.45, 2.75) is 32.8 Å². The van der Waals surface area contributed by atoms with Crippen LogP contribution in [0.25, 0.3) is 6.08 Å². The zero-order valence-corrected chi connectivity index (χ0v) is 16.9. The predicted octanol–water partition coefficient (Wildman–Crippen LogP) is 4.30. The van der Waals surface area contributed by atoms with E-state index in [2.05, 4.69) is 19.2 Å². The number of ether oxygens (including phenoxy) is 2. The maximum atomic E-state index is 12.3. The summed E-state index contributed by atoms with van der Waals surface area (Å²) in [6.45, 7) is 5.62. The average molecular weight is 392 g/mol. The highest BCUT2D eigenvalue weighted by Gasteiger charge is 2.20. The first-order chi connectivity index (χ1) is 13.8. The lowest BCUT2D eigenvalue weighted by Crippen LogP contribution is -2.30. The molecule has 0 saturated carbocycles. The second-order valence-electron chi connectivity index (χ2n) is 6.76. The van der Waals surface area contributed by atoms with Crippen molar-refractivity contribution in [2.24, 2.45) is 0 Å². The van der Waals surface area contributed by atoms with Crippen LogP contribution in [-0.2, 0) is 14.3 Å². The van der Waals surface area contributed by atoms with Gasteiger partial charge in [-0.25, -0.2) is 4.79 Å². The Morgan fingerprint density at radius 2 is 1.66 bits per heavy atom. The number of nitriles is 1. The van der Waals surface area contributed by atoms with E-state index in [0.29, 0.717) is 22.9 Å². The molecule has 1 atom stereocenters. The van der Waals surface area contributed by atoms with Gasteiger partial charge in [-0.2, -0.15) is 5.26 Å². The van der Waals surface area contributed by atoms with Gasteiger partial charge in [0.2, 0.25) is 0 Å². The first kappa shape index (κ1) is 21.7. The van der Waals surface area contributed by atoms with Crippen molar-refractivity contribution in [1.82, 2.24) is 0 Å². The SMILES string of the molecule is COc1ccc(NC(=O)[C@@H](C)OC(=O)/C(C#N)=C/c2ccc(C(C)C)cc2)cc1. The molecule has 0 bridgehead atoms. The molecule has 6 nitrogen and oxygen atoms in total. The lowest BCUT2D eigenvalue weighted by molar-refractivity contribution is -0.148. The maximum Gasteiger partial charge on any atom is 0.349 e. The highest BCUT2D eigenvalue weighted by molar-refractivity contribution is 6.01. The van der Waals surface area contributed by atoms with Gasteiger partial charge in [0.25, 0.3) is 5.91 Å². The van der Waals surface area contributed by atoms with Gasteiger partial charge in [0.15, 0.2) is 6.10 Å². The fraction of sp³-hybridized carbons (Fsp3) is 0.261. The molecule has 0 aliphatic carbocycles. The second-order valence-corrected chi connectivity index (χ2v) is 6.76. The summed E-state index contributed by atoms with van der Waals surface area (Å²) in [4.78, 5) is 24.5. The van der Waals surface area contributed by atoms with E-state index in [9.17, 15) is 14.9 Å². The molecule has 0 radical (unpaired) electrons. The van der Waals surface area contributed by atoms with E-state index < -0.39 is 18.0 Å². The van der Waals surface area contributed by atoms with Gasteiger partial charge in [-0.05, 0) is 54.3 Å². The van der Waals surface area contributed by atoms with Crippen LogP contribution in [-0.4, -0.2) is 25.1 Å². The van der Waals surface area contributed by atoms with Crippen LogP contribution in [0.2, 0.25) is 0 Å². The lowest BCUT2D eigenvalue weighted by atomic mass is 10.0. The first-order valence-corrected chi connectivity index (χ1v) is 9.21. The summed E-state index contributed by atoms with van der Waals surface area (Å²) < 4.78 is 10.2. The molecule has 0 fully saturated rings. The maximum absolute atomic E-state index is 12.3. The fourth-order valence-corrected chi connectivity index (χ4v) is 2.48. The summed E-state index contributed by atoms with van der Waals surface area (Å²) in [6.07, 6.45) is 0.380. The number of anilines is 1. The number of carbonyl (C=O) groups is 2. The number of hydrogen-bond acceptors (Lipinski definition) is 5. The molecule has 0 aliphatic rings. The van der Waals surface area contributed by atoms with Crippen LogP contribution in [0, 0.1) is 11.3 Å². The number of hydrogen-bond donors (Lipinski definition) is 1. The molecule has 2 rings (SSSR count). The smallest absolute Gasteiger partial charge is 0.349 e. The van der Waals surface area contributed by atoms with Crippen molar-refractivity contribution in [2.75, 3.05) is 12.4 Å². The van der Waals surface area contributed by atoms with E-state index in [-0.39, 0.29) is 5.57 Å². The predicted molar refractivity (Wildman–Crippen MR) is 111 cm³/mol. The van der Waals surface area contributed by atoms with E-state index in [1.807, 2.05) is 30.3 Å². The molecule has 0 heterocycles. The molecule has 0 aliphatic heterocycles. The Labute approximate surface area is 170 Å². The highest BCUT2D eigenvalue weighted by atomic mass is 16.5. The van der Waals surface area contributed by atoms with Crippen LogP contribution >= 0.6 is 0 Å². The van der Waals surface area contributed by atoms with Gasteiger partial charge in [-0.15, -0.1) is 0 Å². The van der Waals surface area contributed by atoms with Crippen molar-refractivity contribution in [3.63, 3.8) is 0 Å². The minimum Gasteiger partial charge on any atom is -0.497 e. The normalized spacial score (nSPS) is 12.1. The molecule has 0 unspecified atom stereocenters. The van der Waals surface area contributed by atoms with Gasteiger partial charge < -0.3 is 14.8 Å². The monoisotopic (exact) mass is 392 g/mol. The Bertz CT molecular complexity index is 923. The molecule has 1 amide bonds. The van der Waals surface area contributed by atoms with Crippen LogP contribution in [0.4, 0.5) is 5.69 Å². The molecule has 0 spiro atoms. The highest BCUT2D eigenvalue weighted by Crippen LogP contribution is 2.18. The number of nitrogens with one attached hydrogen (secondary N) is 1. The third-order valence-corrected chi connectivity index (χ3v) is 4.27. The van der Waals surface area contributed by atoms with Gasteiger partial charge in [0.05, 0.1) is 7.11 Å². The van der Waals surface area contributed by atoms with Gasteiger partial charge in [-0.1, -0.05) is 38.1 Å². The number of nitrogens with zero attached hydrogens (tertiary/aromatic N) is 1. The molecule has 1 N–H and O–H groups in total. The van der Waals surface area contributed by atoms with Crippen molar-refractivity contribution in [3.8, 4) is 11.8 Å². The van der Waals surface area contributed by atoms with Gasteiger partial charge in [-0.3, -0.25) is 4.79 Å². The molecule has 2 aromatic rings. The van der Waals surface area contributed by atoms with Crippen molar-refractivity contribution < 1.29 is 19.1 Å². The minimum atomic E-state index is -1.07. The summed E-state index contributed by atoms with van der Waals surface area (Å²) in [7, 11) is 1.55. The summed E-state index contributed by atoms with van der Waals surface area (Å²) in [5.74, 6) is -0.300. The molecule has 29 heavy (non-hydrogen) atoms. The zero-order chi connectivity index (χ0) is 21.4. The van der Waals surface area contributed by atoms with Gasteiger partial charge in [0.1, 0.15) is 17.4 Å². The molecule has 2 aromatic carbocycles. The van der Waals surface area contributed by atoms with Crippen molar-refractivity contribution in [3.05, 3.63) is 65.2 Å². The minimum absolute atomic E-state index is 0.175. The van der Waals surface area contributed by atoms with Gasteiger partial charge >= 0.3 is 5.97 Å². The third-order valence-electron chi connectivity index (χ3n) is 4.27. The van der Waals surface area contributed by atoms with E-state index in [1.165, 1.54) is 13.0 Å². The third kappa shape index (κ3) is 6.22. The van der Waals surface area contributed by atoms with Gasteiger partial charge in [0, 0.05) is 5.69 Å². The topological polar surface area (TPSA) is 88.4 Å². The van der Waals surface area contributed by atoms with E-state index in [4.69, 9.17) is 9.47 Å². The summed E-state index contributed by atoms with van der Waals surface area (Å²) in [5.41, 5.74) is 2.23. The Morgan fingerprint density at radius 3 is 2.17 bits per heavy atom. The Hall–Kier alpha value is -3.59. The number of methoxy groups -OCH3 is 1.